The fourth-order valence-electron chi connectivity index (χ4n) is 1.61. The van der Waals surface area contributed by atoms with Crippen LogP contribution in [0.5, 0.6) is 0 Å². The number of carbonyl (C=O) groups is 1. The van der Waals surface area contributed by atoms with Crippen LogP contribution >= 0.6 is 11.6 Å². The van der Waals surface area contributed by atoms with Crippen LogP contribution in [0.2, 0.25) is 0 Å². The molecule has 14 heavy (non-hydrogen) atoms. The Balaban J connectivity index is 2.81. The molecule has 0 heterocycles. The van der Waals surface area contributed by atoms with Gasteiger partial charge in [-0.2, -0.15) is 0 Å². The van der Waals surface area contributed by atoms with Crippen molar-refractivity contribution in [2.45, 2.75) is 38.6 Å². The minimum absolute atomic E-state index is 0.0692. The second-order valence-corrected chi connectivity index (χ2v) is 4.28. The zero-order valence-corrected chi connectivity index (χ0v) is 9.58. The van der Waals surface area contributed by atoms with Crippen LogP contribution in [0.1, 0.15) is 27.2 Å². The van der Waals surface area contributed by atoms with Gasteiger partial charge >= 0.3 is 0 Å². The summed E-state index contributed by atoms with van der Waals surface area (Å²) < 4.78 is 0. The molecule has 0 fully saturated rings. The number of hydrogen-bond donors (Lipinski definition) is 0. The number of amides is 1. The lowest BCUT2D eigenvalue weighted by Crippen LogP contribution is -2.34. The van der Waals surface area contributed by atoms with Crippen LogP contribution < -0.4 is 0 Å². The number of rotatable bonds is 2. The lowest BCUT2D eigenvalue weighted by molar-refractivity contribution is -0.128. The van der Waals surface area contributed by atoms with Crippen LogP contribution in [-0.2, 0) is 4.79 Å². The van der Waals surface area contributed by atoms with E-state index in [1.54, 1.807) is 11.8 Å². The van der Waals surface area contributed by atoms with E-state index in [0.29, 0.717) is 0 Å². The van der Waals surface area contributed by atoms with Gasteiger partial charge in [0.15, 0.2) is 0 Å². The SMILES string of the molecule is CC(=O)N(C1=CCC(Cl)C=C1)C(C)C. The molecule has 0 spiro atoms. The minimum Gasteiger partial charge on any atom is -0.311 e. The third-order valence-electron chi connectivity index (χ3n) is 2.16. The second-order valence-electron chi connectivity index (χ2n) is 3.72. The van der Waals surface area contributed by atoms with E-state index in [1.807, 2.05) is 32.1 Å². The van der Waals surface area contributed by atoms with Crippen LogP contribution in [0.3, 0.4) is 0 Å². The highest BCUT2D eigenvalue weighted by atomic mass is 35.5. The molecule has 1 rings (SSSR count). The van der Waals surface area contributed by atoms with E-state index in [-0.39, 0.29) is 17.3 Å². The predicted molar refractivity (Wildman–Crippen MR) is 59.1 cm³/mol. The van der Waals surface area contributed by atoms with E-state index in [9.17, 15) is 4.79 Å². The molecule has 1 atom stereocenters. The van der Waals surface area contributed by atoms with E-state index < -0.39 is 0 Å². The zero-order chi connectivity index (χ0) is 10.7. The molecule has 0 saturated carbocycles. The summed E-state index contributed by atoms with van der Waals surface area (Å²) in [5.41, 5.74) is 0.962. The van der Waals surface area contributed by atoms with Crippen molar-refractivity contribution in [1.29, 1.82) is 0 Å². The van der Waals surface area contributed by atoms with E-state index in [1.165, 1.54) is 0 Å². The number of carbonyl (C=O) groups excluding carboxylic acids is 1. The Morgan fingerprint density at radius 2 is 2.29 bits per heavy atom. The maximum absolute atomic E-state index is 11.4. The van der Waals surface area contributed by atoms with E-state index in [4.69, 9.17) is 11.6 Å². The topological polar surface area (TPSA) is 20.3 Å². The summed E-state index contributed by atoms with van der Waals surface area (Å²) in [5, 5.41) is 0.0692. The molecule has 3 heteroatoms. The molecule has 0 bridgehead atoms. The van der Waals surface area contributed by atoms with E-state index >= 15 is 0 Å². The summed E-state index contributed by atoms with van der Waals surface area (Å²) in [4.78, 5) is 13.2. The van der Waals surface area contributed by atoms with Crippen LogP contribution in [0.25, 0.3) is 0 Å². The van der Waals surface area contributed by atoms with Crippen molar-refractivity contribution in [3.05, 3.63) is 23.9 Å². The van der Waals surface area contributed by atoms with Crippen LogP contribution in [-0.4, -0.2) is 22.2 Å². The van der Waals surface area contributed by atoms with Crippen molar-refractivity contribution in [2.75, 3.05) is 0 Å². The fourth-order valence-corrected chi connectivity index (χ4v) is 1.77. The average Bonchev–Trinajstić information content (AvgIpc) is 2.07. The highest BCUT2D eigenvalue weighted by Crippen LogP contribution is 2.20. The van der Waals surface area contributed by atoms with Gasteiger partial charge in [0, 0.05) is 18.7 Å². The lowest BCUT2D eigenvalue weighted by atomic mass is 10.1. The van der Waals surface area contributed by atoms with Crippen molar-refractivity contribution in [1.82, 2.24) is 4.90 Å². The Morgan fingerprint density at radius 1 is 1.64 bits per heavy atom. The largest absolute Gasteiger partial charge is 0.311 e. The first kappa shape index (κ1) is 11.3. The minimum atomic E-state index is 0.0692. The maximum Gasteiger partial charge on any atom is 0.224 e. The molecule has 78 valence electrons. The number of allylic oxidation sites excluding steroid dienone is 3. The van der Waals surface area contributed by atoms with Crippen LogP contribution in [0.4, 0.5) is 0 Å². The zero-order valence-electron chi connectivity index (χ0n) is 8.83. The molecule has 0 aromatic rings. The van der Waals surface area contributed by atoms with Crippen molar-refractivity contribution < 1.29 is 4.79 Å². The van der Waals surface area contributed by atoms with Crippen molar-refractivity contribution in [3.63, 3.8) is 0 Å². The van der Waals surface area contributed by atoms with Gasteiger partial charge in [0.25, 0.3) is 0 Å². The van der Waals surface area contributed by atoms with Gasteiger partial charge in [-0.05, 0) is 26.3 Å². The Hall–Kier alpha value is -0.760. The molecule has 2 nitrogen and oxygen atoms in total. The average molecular weight is 214 g/mol. The molecule has 1 unspecified atom stereocenters. The number of hydrogen-bond acceptors (Lipinski definition) is 1. The summed E-state index contributed by atoms with van der Waals surface area (Å²) in [5.74, 6) is 0.0731. The first-order chi connectivity index (χ1) is 6.52. The number of halogens is 1. The molecule has 1 aliphatic carbocycles. The maximum atomic E-state index is 11.4. The molecule has 0 radical (unpaired) electrons. The Labute approximate surface area is 90.2 Å². The Morgan fingerprint density at radius 3 is 2.64 bits per heavy atom. The molecule has 0 aliphatic heterocycles. The third-order valence-corrected chi connectivity index (χ3v) is 2.49. The van der Waals surface area contributed by atoms with Gasteiger partial charge in [-0.1, -0.05) is 12.2 Å². The summed E-state index contributed by atoms with van der Waals surface area (Å²) in [6.07, 6.45) is 6.65. The first-order valence-electron chi connectivity index (χ1n) is 4.84. The van der Waals surface area contributed by atoms with Gasteiger partial charge in [0.1, 0.15) is 0 Å². The van der Waals surface area contributed by atoms with Crippen LogP contribution in [0.15, 0.2) is 23.9 Å². The summed E-state index contributed by atoms with van der Waals surface area (Å²) in [7, 11) is 0. The van der Waals surface area contributed by atoms with Gasteiger partial charge in [0.05, 0.1) is 5.38 Å². The molecule has 0 aromatic heterocycles. The molecule has 0 N–H and O–H groups in total. The summed E-state index contributed by atoms with van der Waals surface area (Å²) in [6.45, 7) is 5.59. The Kier molecular flexibility index (Phi) is 3.76. The number of alkyl halides is 1. The first-order valence-corrected chi connectivity index (χ1v) is 5.28. The van der Waals surface area contributed by atoms with Gasteiger partial charge in [0.2, 0.25) is 5.91 Å². The van der Waals surface area contributed by atoms with Gasteiger partial charge in [-0.15, -0.1) is 11.6 Å². The molecular weight excluding hydrogens is 198 g/mol. The van der Waals surface area contributed by atoms with Crippen LogP contribution in [0, 0.1) is 0 Å². The van der Waals surface area contributed by atoms with Gasteiger partial charge < -0.3 is 4.90 Å². The standard InChI is InChI=1S/C11H16ClNO/c1-8(2)13(9(3)14)11-6-4-10(12)5-7-11/h4,6-8,10H,5H2,1-3H3. The third kappa shape index (κ3) is 2.61. The highest BCUT2D eigenvalue weighted by Gasteiger charge is 2.17. The Bertz CT molecular complexity index is 281. The molecular formula is C11H16ClNO. The van der Waals surface area contributed by atoms with E-state index in [2.05, 4.69) is 0 Å². The van der Waals surface area contributed by atoms with E-state index in [0.717, 1.165) is 12.1 Å². The van der Waals surface area contributed by atoms with Gasteiger partial charge in [-0.25, -0.2) is 0 Å². The van der Waals surface area contributed by atoms with Gasteiger partial charge in [-0.3, -0.25) is 4.79 Å². The predicted octanol–water partition coefficient (Wildman–Crippen LogP) is 2.69. The van der Waals surface area contributed by atoms with Crippen molar-refractivity contribution in [2.24, 2.45) is 0 Å². The molecule has 1 aliphatic rings. The van der Waals surface area contributed by atoms with Crippen molar-refractivity contribution >= 4 is 17.5 Å². The van der Waals surface area contributed by atoms with Crippen molar-refractivity contribution in [3.8, 4) is 0 Å². The summed E-state index contributed by atoms with van der Waals surface area (Å²) in [6, 6.07) is 0.190. The monoisotopic (exact) mass is 213 g/mol. The smallest absolute Gasteiger partial charge is 0.224 e. The quantitative estimate of drug-likeness (QED) is 0.646. The fraction of sp³-hybridized carbons (Fsp3) is 0.545. The molecule has 0 aromatic carbocycles. The summed E-state index contributed by atoms with van der Waals surface area (Å²) >= 11 is 5.91. The second kappa shape index (κ2) is 4.65. The number of nitrogens with zero attached hydrogens (tertiary/aromatic N) is 1. The molecule has 0 saturated heterocycles. The molecule has 1 amide bonds. The lowest BCUT2D eigenvalue weighted by Gasteiger charge is -2.28. The highest BCUT2D eigenvalue weighted by molar-refractivity contribution is 6.22. The normalized spacial score (nSPS) is 20.9.